The molecular formula is C15H18N2O2S. The Bertz CT molecular complexity index is 584. The maximum absolute atomic E-state index is 11.0. The van der Waals surface area contributed by atoms with Gasteiger partial charge in [-0.15, -0.1) is 11.3 Å². The predicted molar refractivity (Wildman–Crippen MR) is 80.3 cm³/mol. The molecule has 1 saturated heterocycles. The van der Waals surface area contributed by atoms with Gasteiger partial charge in [-0.25, -0.2) is 4.98 Å². The molecule has 0 aliphatic carbocycles. The number of hydrogen-bond acceptors (Lipinski definition) is 4. The summed E-state index contributed by atoms with van der Waals surface area (Å²) < 4.78 is 1.24. The van der Waals surface area contributed by atoms with Gasteiger partial charge in [-0.1, -0.05) is 12.1 Å². The molecule has 0 amide bonds. The van der Waals surface area contributed by atoms with Crippen molar-refractivity contribution in [2.45, 2.75) is 31.7 Å². The van der Waals surface area contributed by atoms with E-state index in [4.69, 9.17) is 10.1 Å². The van der Waals surface area contributed by atoms with Crippen LogP contribution in [0.3, 0.4) is 0 Å². The summed E-state index contributed by atoms with van der Waals surface area (Å²) in [5, 5.41) is 10.3. The summed E-state index contributed by atoms with van der Waals surface area (Å²) in [5.41, 5.74) is 1.08. The molecule has 1 aromatic carbocycles. The van der Waals surface area contributed by atoms with Crippen LogP contribution < -0.4 is 0 Å². The number of carbonyl (C=O) groups is 1. The molecule has 0 bridgehead atoms. The van der Waals surface area contributed by atoms with Crippen molar-refractivity contribution in [1.82, 2.24) is 9.88 Å². The van der Waals surface area contributed by atoms with Gasteiger partial charge in [-0.05, 0) is 45.0 Å². The fourth-order valence-corrected chi connectivity index (χ4v) is 3.89. The van der Waals surface area contributed by atoms with Crippen molar-refractivity contribution in [2.75, 3.05) is 13.1 Å². The van der Waals surface area contributed by atoms with Crippen LogP contribution >= 0.6 is 11.3 Å². The van der Waals surface area contributed by atoms with Crippen LogP contribution in [0.25, 0.3) is 10.2 Å². The predicted octanol–water partition coefficient (Wildman–Crippen LogP) is 2.95. The van der Waals surface area contributed by atoms with Gasteiger partial charge in [0.1, 0.15) is 6.04 Å². The zero-order chi connectivity index (χ0) is 14.1. The van der Waals surface area contributed by atoms with Crippen LogP contribution in [0.15, 0.2) is 24.3 Å². The third-order valence-corrected chi connectivity index (χ3v) is 5.29. The number of thiazole rings is 1. The molecule has 0 saturated carbocycles. The van der Waals surface area contributed by atoms with E-state index < -0.39 is 5.97 Å². The number of rotatable bonds is 3. The molecular weight excluding hydrogens is 272 g/mol. The van der Waals surface area contributed by atoms with Crippen LogP contribution in [-0.4, -0.2) is 40.1 Å². The number of hydrogen-bond donors (Lipinski definition) is 1. The minimum atomic E-state index is -0.733. The van der Waals surface area contributed by atoms with Gasteiger partial charge in [0.2, 0.25) is 0 Å². The fraction of sp³-hybridized carbons (Fsp3) is 0.467. The number of fused-ring (bicyclic) bond motifs is 1. The quantitative estimate of drug-likeness (QED) is 0.944. The summed E-state index contributed by atoms with van der Waals surface area (Å²) in [6.45, 7) is 3.45. The molecule has 1 atom stereocenters. The second-order valence-electron chi connectivity index (χ2n) is 5.34. The van der Waals surface area contributed by atoms with Crippen LogP contribution in [0.2, 0.25) is 0 Å². The van der Waals surface area contributed by atoms with Crippen molar-refractivity contribution in [1.29, 1.82) is 0 Å². The van der Waals surface area contributed by atoms with E-state index in [1.54, 1.807) is 18.3 Å². The van der Waals surface area contributed by atoms with Crippen LogP contribution in [-0.2, 0) is 4.79 Å². The Hall–Kier alpha value is -1.46. The minimum Gasteiger partial charge on any atom is -0.480 e. The zero-order valence-electron chi connectivity index (χ0n) is 11.5. The number of para-hydroxylation sites is 1. The molecule has 0 spiro atoms. The number of likely N-dealkylation sites (tertiary alicyclic amines) is 1. The highest BCUT2D eigenvalue weighted by Crippen LogP contribution is 2.34. The minimum absolute atomic E-state index is 0.383. The SMILES string of the molecule is C[C@@H](C(=O)O)N1CCC(c2nc3ccccc3s2)CC1. The molecule has 1 aliphatic heterocycles. The lowest BCUT2D eigenvalue weighted by atomic mass is 9.96. The lowest BCUT2D eigenvalue weighted by molar-refractivity contribution is -0.143. The first-order valence-corrected chi connectivity index (χ1v) is 7.79. The van der Waals surface area contributed by atoms with Gasteiger partial charge in [0.25, 0.3) is 0 Å². The number of benzene rings is 1. The lowest BCUT2D eigenvalue weighted by Gasteiger charge is -2.33. The number of aromatic nitrogens is 1. The smallest absolute Gasteiger partial charge is 0.320 e. The first-order valence-electron chi connectivity index (χ1n) is 6.97. The standard InChI is InChI=1S/C15H18N2O2S/c1-10(15(18)19)17-8-6-11(7-9-17)14-16-12-4-2-3-5-13(12)20-14/h2-5,10-11H,6-9H2,1H3,(H,18,19)/t10-/m0/s1. The van der Waals surface area contributed by atoms with Crippen molar-refractivity contribution in [3.05, 3.63) is 29.3 Å². The highest BCUT2D eigenvalue weighted by Gasteiger charge is 2.28. The third kappa shape index (κ3) is 2.55. The van der Waals surface area contributed by atoms with Crippen LogP contribution in [0, 0.1) is 0 Å². The molecule has 2 aromatic rings. The van der Waals surface area contributed by atoms with E-state index in [1.807, 2.05) is 17.0 Å². The molecule has 1 aliphatic rings. The van der Waals surface area contributed by atoms with E-state index >= 15 is 0 Å². The maximum Gasteiger partial charge on any atom is 0.320 e. The Balaban J connectivity index is 1.70. The zero-order valence-corrected chi connectivity index (χ0v) is 12.3. The monoisotopic (exact) mass is 290 g/mol. The van der Waals surface area contributed by atoms with E-state index in [0.29, 0.717) is 5.92 Å². The summed E-state index contributed by atoms with van der Waals surface area (Å²) in [4.78, 5) is 17.8. The van der Waals surface area contributed by atoms with Gasteiger partial charge in [-0.3, -0.25) is 9.69 Å². The first kappa shape index (κ1) is 13.5. The van der Waals surface area contributed by atoms with E-state index in [1.165, 1.54) is 9.71 Å². The number of carboxylic acids is 1. The van der Waals surface area contributed by atoms with Crippen molar-refractivity contribution in [2.24, 2.45) is 0 Å². The van der Waals surface area contributed by atoms with Gasteiger partial charge >= 0.3 is 5.97 Å². The molecule has 1 aromatic heterocycles. The highest BCUT2D eigenvalue weighted by molar-refractivity contribution is 7.18. The second-order valence-corrected chi connectivity index (χ2v) is 6.41. The second kappa shape index (κ2) is 5.50. The Kier molecular flexibility index (Phi) is 3.72. The van der Waals surface area contributed by atoms with Gasteiger partial charge in [0.15, 0.2) is 0 Å². The Morgan fingerprint density at radius 1 is 1.40 bits per heavy atom. The maximum atomic E-state index is 11.0. The molecule has 5 heteroatoms. The topological polar surface area (TPSA) is 53.4 Å². The molecule has 4 nitrogen and oxygen atoms in total. The van der Waals surface area contributed by atoms with Crippen molar-refractivity contribution in [3.63, 3.8) is 0 Å². The summed E-state index contributed by atoms with van der Waals surface area (Å²) in [5.74, 6) is -0.256. The number of nitrogens with zero attached hydrogens (tertiary/aromatic N) is 2. The van der Waals surface area contributed by atoms with Gasteiger partial charge < -0.3 is 5.11 Å². The van der Waals surface area contributed by atoms with Crippen LogP contribution in [0.5, 0.6) is 0 Å². The molecule has 2 heterocycles. The molecule has 1 N–H and O–H groups in total. The van der Waals surface area contributed by atoms with Crippen LogP contribution in [0.4, 0.5) is 0 Å². The third-order valence-electron chi connectivity index (χ3n) is 4.09. The van der Waals surface area contributed by atoms with Gasteiger partial charge in [0, 0.05) is 5.92 Å². The Labute approximate surface area is 122 Å². The first-order chi connectivity index (χ1) is 9.65. The molecule has 1 fully saturated rings. The number of aliphatic carboxylic acids is 1. The summed E-state index contributed by atoms with van der Waals surface area (Å²) in [7, 11) is 0. The van der Waals surface area contributed by atoms with Crippen molar-refractivity contribution < 1.29 is 9.90 Å². The molecule has 0 radical (unpaired) electrons. The number of carboxylic acid groups (broad SMARTS) is 1. The molecule has 0 unspecified atom stereocenters. The van der Waals surface area contributed by atoms with E-state index in [2.05, 4.69) is 12.1 Å². The Morgan fingerprint density at radius 3 is 2.75 bits per heavy atom. The van der Waals surface area contributed by atoms with Gasteiger partial charge in [0.05, 0.1) is 15.2 Å². The highest BCUT2D eigenvalue weighted by atomic mass is 32.1. The summed E-state index contributed by atoms with van der Waals surface area (Å²) >= 11 is 1.77. The fourth-order valence-electron chi connectivity index (χ4n) is 2.75. The van der Waals surface area contributed by atoms with Crippen molar-refractivity contribution >= 4 is 27.5 Å². The summed E-state index contributed by atoms with van der Waals surface area (Å²) in [6, 6.07) is 7.84. The van der Waals surface area contributed by atoms with E-state index in [-0.39, 0.29) is 6.04 Å². The molecule has 20 heavy (non-hydrogen) atoms. The van der Waals surface area contributed by atoms with Gasteiger partial charge in [-0.2, -0.15) is 0 Å². The largest absolute Gasteiger partial charge is 0.480 e. The Morgan fingerprint density at radius 2 is 2.10 bits per heavy atom. The molecule has 3 rings (SSSR count). The van der Waals surface area contributed by atoms with Crippen LogP contribution in [0.1, 0.15) is 30.7 Å². The normalized spacial score (nSPS) is 19.2. The number of piperidine rings is 1. The van der Waals surface area contributed by atoms with Crippen molar-refractivity contribution in [3.8, 4) is 0 Å². The van der Waals surface area contributed by atoms with E-state index in [0.717, 1.165) is 31.4 Å². The summed E-state index contributed by atoms with van der Waals surface area (Å²) in [6.07, 6.45) is 1.99. The molecule has 106 valence electrons. The average molecular weight is 290 g/mol. The van der Waals surface area contributed by atoms with E-state index in [9.17, 15) is 4.79 Å². The lowest BCUT2D eigenvalue weighted by Crippen LogP contribution is -2.43. The average Bonchev–Trinajstić information content (AvgIpc) is 2.90.